The first-order valence-electron chi connectivity index (χ1n) is 5.04. The average Bonchev–Trinajstić information content (AvgIpc) is 2.32. The van der Waals surface area contributed by atoms with Gasteiger partial charge in [0, 0.05) is 9.50 Å². The number of benzene rings is 2. The summed E-state index contributed by atoms with van der Waals surface area (Å²) in [5.74, 6) is 0. The lowest BCUT2D eigenvalue weighted by Gasteiger charge is -2.15. The fourth-order valence-corrected chi connectivity index (χ4v) is 2.46. The third kappa shape index (κ3) is 2.83. The molecule has 2 rings (SSSR count). The lowest BCUT2D eigenvalue weighted by atomic mass is 10.00. The molecule has 0 bridgehead atoms. The molecule has 17 heavy (non-hydrogen) atoms. The minimum atomic E-state index is -0.279. The molecule has 0 aliphatic rings. The van der Waals surface area contributed by atoms with Crippen LogP contribution in [-0.4, -0.2) is 0 Å². The van der Waals surface area contributed by atoms with Gasteiger partial charge in [0.1, 0.15) is 0 Å². The van der Waals surface area contributed by atoms with Gasteiger partial charge in [0.2, 0.25) is 0 Å². The molecule has 0 fully saturated rings. The highest BCUT2D eigenvalue weighted by Crippen LogP contribution is 2.32. The van der Waals surface area contributed by atoms with Gasteiger partial charge in [-0.15, -0.1) is 0 Å². The first kappa shape index (κ1) is 12.9. The van der Waals surface area contributed by atoms with Gasteiger partial charge in [-0.3, -0.25) is 0 Å². The molecule has 0 saturated carbocycles. The Labute approximate surface area is 119 Å². The van der Waals surface area contributed by atoms with Crippen LogP contribution in [0.25, 0.3) is 0 Å². The van der Waals surface area contributed by atoms with Crippen LogP contribution in [0.4, 0.5) is 0 Å². The van der Waals surface area contributed by atoms with Crippen molar-refractivity contribution < 1.29 is 0 Å². The quantitative estimate of drug-likeness (QED) is 0.840. The molecule has 88 valence electrons. The zero-order chi connectivity index (χ0) is 12.4. The summed E-state index contributed by atoms with van der Waals surface area (Å²) in [6.45, 7) is 0. The van der Waals surface area contributed by atoms with E-state index < -0.39 is 0 Å². The highest BCUT2D eigenvalue weighted by atomic mass is 79.9. The molecule has 0 aliphatic heterocycles. The van der Waals surface area contributed by atoms with Gasteiger partial charge in [-0.2, -0.15) is 0 Å². The molecule has 0 saturated heterocycles. The topological polar surface area (TPSA) is 26.0 Å². The number of nitrogens with two attached hydrogens (primary N) is 1. The maximum Gasteiger partial charge on any atom is 0.0599 e. The molecule has 2 N–H and O–H groups in total. The van der Waals surface area contributed by atoms with Crippen LogP contribution in [0, 0.1) is 0 Å². The normalized spacial score (nSPS) is 12.5. The molecule has 1 unspecified atom stereocenters. The second-order valence-corrected chi connectivity index (χ2v) is 5.34. The van der Waals surface area contributed by atoms with Crippen molar-refractivity contribution in [1.29, 1.82) is 0 Å². The smallest absolute Gasteiger partial charge is 0.0599 e. The first-order valence-corrected chi connectivity index (χ1v) is 6.59. The van der Waals surface area contributed by atoms with Gasteiger partial charge in [-0.25, -0.2) is 0 Å². The second kappa shape index (κ2) is 5.40. The summed E-state index contributed by atoms with van der Waals surface area (Å²) in [4.78, 5) is 0. The third-order valence-electron chi connectivity index (χ3n) is 2.52. The second-order valence-electron chi connectivity index (χ2n) is 3.68. The van der Waals surface area contributed by atoms with Crippen molar-refractivity contribution in [2.24, 2.45) is 5.73 Å². The monoisotopic (exact) mass is 329 g/mol. The third-order valence-corrected chi connectivity index (χ3v) is 4.07. The van der Waals surface area contributed by atoms with Crippen LogP contribution in [0.2, 0.25) is 10.0 Å². The van der Waals surface area contributed by atoms with Crippen LogP contribution in [0.5, 0.6) is 0 Å². The summed E-state index contributed by atoms with van der Waals surface area (Å²) >= 11 is 15.6. The molecule has 4 heteroatoms. The predicted molar refractivity (Wildman–Crippen MR) is 76.6 cm³/mol. The zero-order valence-electron chi connectivity index (χ0n) is 8.83. The summed E-state index contributed by atoms with van der Waals surface area (Å²) in [5, 5.41) is 1.31. The van der Waals surface area contributed by atoms with Crippen LogP contribution in [-0.2, 0) is 0 Å². The standard InChI is InChI=1S/C13H10BrCl2N/c14-11-6-2-5-10(12(11)16)13(17)8-3-1-4-9(15)7-8/h1-7,13H,17H2. The largest absolute Gasteiger partial charge is 0.320 e. The predicted octanol–water partition coefficient (Wildman–Crippen LogP) is 4.80. The molecule has 1 atom stereocenters. The fourth-order valence-electron chi connectivity index (χ4n) is 1.64. The number of hydrogen-bond donors (Lipinski definition) is 1. The molecule has 0 radical (unpaired) electrons. The van der Waals surface area contributed by atoms with Crippen LogP contribution in [0.3, 0.4) is 0 Å². The Morgan fingerprint density at radius 1 is 1.06 bits per heavy atom. The van der Waals surface area contributed by atoms with Gasteiger partial charge in [0.05, 0.1) is 11.1 Å². The maximum absolute atomic E-state index is 6.22. The minimum absolute atomic E-state index is 0.279. The Bertz CT molecular complexity index is 543. The highest BCUT2D eigenvalue weighted by molar-refractivity contribution is 9.10. The SMILES string of the molecule is NC(c1cccc(Cl)c1)c1cccc(Br)c1Cl. The molecule has 0 aromatic heterocycles. The molecule has 0 amide bonds. The average molecular weight is 331 g/mol. The Morgan fingerprint density at radius 3 is 2.47 bits per heavy atom. The van der Waals surface area contributed by atoms with E-state index in [0.29, 0.717) is 10.0 Å². The van der Waals surface area contributed by atoms with Crippen LogP contribution >= 0.6 is 39.1 Å². The lowest BCUT2D eigenvalue weighted by molar-refractivity contribution is 0.871. The van der Waals surface area contributed by atoms with Gasteiger partial charge in [0.25, 0.3) is 0 Å². The summed E-state index contributed by atoms with van der Waals surface area (Å²) in [7, 11) is 0. The number of hydrogen-bond acceptors (Lipinski definition) is 1. The molecule has 0 heterocycles. The molecule has 1 nitrogen and oxygen atoms in total. The van der Waals surface area contributed by atoms with E-state index in [1.807, 2.05) is 42.5 Å². The molecule has 2 aromatic carbocycles. The molecular formula is C13H10BrCl2N. The first-order chi connectivity index (χ1) is 8.09. The molecule has 0 aliphatic carbocycles. The van der Waals surface area contributed by atoms with E-state index in [9.17, 15) is 0 Å². The summed E-state index contributed by atoms with van der Waals surface area (Å²) < 4.78 is 0.842. The lowest BCUT2D eigenvalue weighted by Crippen LogP contribution is -2.12. The molecule has 2 aromatic rings. The minimum Gasteiger partial charge on any atom is -0.320 e. The van der Waals surface area contributed by atoms with Gasteiger partial charge in [-0.05, 0) is 45.3 Å². The van der Waals surface area contributed by atoms with E-state index in [0.717, 1.165) is 15.6 Å². The Balaban J connectivity index is 2.44. The van der Waals surface area contributed by atoms with Gasteiger partial charge in [-0.1, -0.05) is 47.5 Å². The molecule has 0 spiro atoms. The highest BCUT2D eigenvalue weighted by Gasteiger charge is 2.14. The van der Waals surface area contributed by atoms with Crippen molar-refractivity contribution >= 4 is 39.1 Å². The molecular weight excluding hydrogens is 321 g/mol. The van der Waals surface area contributed by atoms with Crippen molar-refractivity contribution in [2.45, 2.75) is 6.04 Å². The summed E-state index contributed by atoms with van der Waals surface area (Å²) in [6.07, 6.45) is 0. The van der Waals surface area contributed by atoms with E-state index in [4.69, 9.17) is 28.9 Å². The zero-order valence-corrected chi connectivity index (χ0v) is 11.9. The number of halogens is 3. The van der Waals surface area contributed by atoms with Crippen LogP contribution in [0.15, 0.2) is 46.9 Å². The van der Waals surface area contributed by atoms with Crippen molar-refractivity contribution in [1.82, 2.24) is 0 Å². The Morgan fingerprint density at radius 2 is 1.76 bits per heavy atom. The summed E-state index contributed by atoms with van der Waals surface area (Å²) in [5.41, 5.74) is 8.01. The van der Waals surface area contributed by atoms with E-state index in [2.05, 4.69) is 15.9 Å². The Kier molecular flexibility index (Phi) is 4.10. The number of rotatable bonds is 2. The van der Waals surface area contributed by atoms with Crippen LogP contribution < -0.4 is 5.73 Å². The van der Waals surface area contributed by atoms with Crippen LogP contribution in [0.1, 0.15) is 17.2 Å². The summed E-state index contributed by atoms with van der Waals surface area (Å²) in [6, 6.07) is 12.9. The van der Waals surface area contributed by atoms with Crippen molar-refractivity contribution in [3.63, 3.8) is 0 Å². The Hall–Kier alpha value is -0.540. The van der Waals surface area contributed by atoms with Crippen molar-refractivity contribution in [2.75, 3.05) is 0 Å². The van der Waals surface area contributed by atoms with Crippen molar-refractivity contribution in [3.05, 3.63) is 68.1 Å². The van der Waals surface area contributed by atoms with Gasteiger partial charge in [0.15, 0.2) is 0 Å². The van der Waals surface area contributed by atoms with E-state index in [-0.39, 0.29) is 6.04 Å². The van der Waals surface area contributed by atoms with Gasteiger partial charge >= 0.3 is 0 Å². The maximum atomic E-state index is 6.22. The van der Waals surface area contributed by atoms with Gasteiger partial charge < -0.3 is 5.73 Å². The fraction of sp³-hybridized carbons (Fsp3) is 0.0769. The van der Waals surface area contributed by atoms with E-state index in [1.54, 1.807) is 0 Å². The van der Waals surface area contributed by atoms with E-state index >= 15 is 0 Å². The van der Waals surface area contributed by atoms with Crippen molar-refractivity contribution in [3.8, 4) is 0 Å². The van der Waals surface area contributed by atoms with E-state index in [1.165, 1.54) is 0 Å².